The third kappa shape index (κ3) is 6.64. The molecule has 2 atom stereocenters. The molecule has 2 aromatic carbocycles. The van der Waals surface area contributed by atoms with Crippen LogP contribution in [0.2, 0.25) is 0 Å². The number of thioether (sulfide) groups is 1. The minimum Gasteiger partial charge on any atom is -0.452 e. The van der Waals surface area contributed by atoms with Crippen LogP contribution in [0.5, 0.6) is 0 Å². The van der Waals surface area contributed by atoms with Crippen molar-refractivity contribution in [2.24, 2.45) is 0 Å². The van der Waals surface area contributed by atoms with Gasteiger partial charge in [0.05, 0.1) is 5.75 Å². The van der Waals surface area contributed by atoms with Crippen LogP contribution in [-0.2, 0) is 33.6 Å². The van der Waals surface area contributed by atoms with Crippen LogP contribution < -0.4 is 5.32 Å². The van der Waals surface area contributed by atoms with Gasteiger partial charge in [0, 0.05) is 10.9 Å². The zero-order valence-corrected chi connectivity index (χ0v) is 18.0. The Morgan fingerprint density at radius 1 is 1.07 bits per heavy atom. The van der Waals surface area contributed by atoms with Gasteiger partial charge < -0.3 is 10.1 Å². The zero-order chi connectivity index (χ0) is 20.6. The average Bonchev–Trinajstić information content (AvgIpc) is 3.19. The Kier molecular flexibility index (Phi) is 7.76. The number of hydrogen-bond acceptors (Lipinski definition) is 4. The van der Waals surface area contributed by atoms with E-state index in [0.717, 1.165) is 30.6 Å². The molecule has 0 bridgehead atoms. The van der Waals surface area contributed by atoms with Gasteiger partial charge in [0.1, 0.15) is 0 Å². The van der Waals surface area contributed by atoms with Crippen LogP contribution in [0.4, 0.5) is 0 Å². The van der Waals surface area contributed by atoms with Crippen LogP contribution in [0.25, 0.3) is 0 Å². The third-order valence-corrected chi connectivity index (χ3v) is 6.17. The van der Waals surface area contributed by atoms with Crippen LogP contribution >= 0.6 is 11.8 Å². The van der Waals surface area contributed by atoms with Gasteiger partial charge in [-0.15, -0.1) is 11.8 Å². The van der Waals surface area contributed by atoms with Crippen molar-refractivity contribution in [3.05, 3.63) is 65.2 Å². The molecule has 0 spiro atoms. The van der Waals surface area contributed by atoms with Gasteiger partial charge in [-0.2, -0.15) is 0 Å². The highest BCUT2D eigenvalue weighted by Crippen LogP contribution is 2.27. The standard InChI is InChI=1S/C24H29NO3S/c1-17(11-12-19-7-4-3-5-8-19)25-24(27)18(2)28-23(26)16-29-22-14-13-20-9-6-10-21(20)15-22/h3-5,7-8,13-15,17-18H,6,9-12,16H2,1-2H3,(H,25,27)/t17-,18-/m0/s1. The van der Waals surface area contributed by atoms with Crippen LogP contribution in [0, 0.1) is 0 Å². The maximum absolute atomic E-state index is 12.3. The van der Waals surface area contributed by atoms with E-state index in [1.54, 1.807) is 6.92 Å². The molecule has 0 heterocycles. The first kappa shape index (κ1) is 21.4. The van der Waals surface area contributed by atoms with Gasteiger partial charge in [-0.25, -0.2) is 0 Å². The summed E-state index contributed by atoms with van der Waals surface area (Å²) in [7, 11) is 0. The summed E-state index contributed by atoms with van der Waals surface area (Å²) in [6.45, 7) is 3.59. The SMILES string of the molecule is C[C@H](OC(=O)CSc1ccc2c(c1)CCC2)C(=O)N[C@@H](C)CCc1ccccc1. The fourth-order valence-electron chi connectivity index (χ4n) is 3.53. The molecular formula is C24H29NO3S. The molecule has 0 unspecified atom stereocenters. The van der Waals surface area contributed by atoms with Crippen molar-refractivity contribution in [1.82, 2.24) is 5.32 Å². The fraction of sp³-hybridized carbons (Fsp3) is 0.417. The Morgan fingerprint density at radius 3 is 2.62 bits per heavy atom. The summed E-state index contributed by atoms with van der Waals surface area (Å²) in [6.07, 6.45) is 4.43. The predicted octanol–water partition coefficient (Wildman–Crippen LogP) is 4.34. The van der Waals surface area contributed by atoms with Gasteiger partial charge in [0.15, 0.2) is 6.10 Å². The van der Waals surface area contributed by atoms with Crippen molar-refractivity contribution in [1.29, 1.82) is 0 Å². The number of nitrogens with one attached hydrogen (secondary N) is 1. The molecule has 1 aliphatic carbocycles. The summed E-state index contributed by atoms with van der Waals surface area (Å²) in [5, 5.41) is 2.93. The maximum atomic E-state index is 12.3. The van der Waals surface area contributed by atoms with Crippen molar-refractivity contribution in [2.75, 3.05) is 5.75 Å². The van der Waals surface area contributed by atoms with E-state index in [-0.39, 0.29) is 23.7 Å². The van der Waals surface area contributed by atoms with Gasteiger partial charge in [-0.05, 0) is 74.8 Å². The van der Waals surface area contributed by atoms with E-state index >= 15 is 0 Å². The van der Waals surface area contributed by atoms with Gasteiger partial charge in [0.2, 0.25) is 0 Å². The maximum Gasteiger partial charge on any atom is 0.317 e. The zero-order valence-electron chi connectivity index (χ0n) is 17.1. The molecule has 0 saturated carbocycles. The monoisotopic (exact) mass is 411 g/mol. The highest BCUT2D eigenvalue weighted by molar-refractivity contribution is 8.00. The minimum absolute atomic E-state index is 0.0182. The van der Waals surface area contributed by atoms with Gasteiger partial charge in [0.25, 0.3) is 5.91 Å². The van der Waals surface area contributed by atoms with Gasteiger partial charge in [-0.1, -0.05) is 36.4 Å². The molecule has 0 aromatic heterocycles. The number of esters is 1. The second-order valence-corrected chi connectivity index (χ2v) is 8.69. The van der Waals surface area contributed by atoms with E-state index in [4.69, 9.17) is 4.74 Å². The molecule has 0 radical (unpaired) electrons. The number of carbonyl (C=O) groups excluding carboxylic acids is 2. The third-order valence-electron chi connectivity index (χ3n) is 5.20. The number of carbonyl (C=O) groups is 2. The summed E-state index contributed by atoms with van der Waals surface area (Å²) in [5.41, 5.74) is 4.06. The molecule has 5 heteroatoms. The molecular weight excluding hydrogens is 382 g/mol. The Bertz CT molecular complexity index is 837. The van der Waals surface area contributed by atoms with Crippen molar-refractivity contribution in [2.45, 2.75) is 63.0 Å². The molecule has 29 heavy (non-hydrogen) atoms. The van der Waals surface area contributed by atoms with Crippen molar-refractivity contribution in [3.8, 4) is 0 Å². The normalized spacial score (nSPS) is 14.7. The van der Waals surface area contributed by atoms with Crippen LogP contribution in [0.15, 0.2) is 53.4 Å². The average molecular weight is 412 g/mol. The lowest BCUT2D eigenvalue weighted by atomic mass is 10.1. The first-order chi connectivity index (χ1) is 14.0. The second-order valence-electron chi connectivity index (χ2n) is 7.64. The number of benzene rings is 2. The molecule has 4 nitrogen and oxygen atoms in total. The summed E-state index contributed by atoms with van der Waals surface area (Å²) in [4.78, 5) is 25.5. The number of aryl methyl sites for hydroxylation is 3. The lowest BCUT2D eigenvalue weighted by Crippen LogP contribution is -2.41. The van der Waals surface area contributed by atoms with Crippen molar-refractivity contribution in [3.63, 3.8) is 0 Å². The lowest BCUT2D eigenvalue weighted by Gasteiger charge is -2.18. The second kappa shape index (κ2) is 10.5. The molecule has 1 N–H and O–H groups in total. The van der Waals surface area contributed by atoms with Crippen molar-refractivity contribution >= 4 is 23.6 Å². The summed E-state index contributed by atoms with van der Waals surface area (Å²) in [5.74, 6) is -0.406. The molecule has 0 saturated heterocycles. The quantitative estimate of drug-likeness (QED) is 0.493. The van der Waals surface area contributed by atoms with Crippen molar-refractivity contribution < 1.29 is 14.3 Å². The largest absolute Gasteiger partial charge is 0.452 e. The number of rotatable bonds is 9. The molecule has 3 rings (SSSR count). The molecule has 0 aliphatic heterocycles. The van der Waals surface area contributed by atoms with E-state index in [9.17, 15) is 9.59 Å². The van der Waals surface area contributed by atoms with Gasteiger partial charge >= 0.3 is 5.97 Å². The minimum atomic E-state index is -0.790. The molecule has 1 amide bonds. The Hall–Kier alpha value is -2.27. The van der Waals surface area contributed by atoms with Crippen LogP contribution in [0.1, 0.15) is 43.4 Å². The first-order valence-electron chi connectivity index (χ1n) is 10.3. The topological polar surface area (TPSA) is 55.4 Å². The number of amides is 1. The van der Waals surface area contributed by atoms with E-state index in [0.29, 0.717) is 0 Å². The van der Waals surface area contributed by atoms with Crippen LogP contribution in [-0.4, -0.2) is 29.8 Å². The smallest absolute Gasteiger partial charge is 0.317 e. The molecule has 154 valence electrons. The Balaban J connectivity index is 1.37. The number of ether oxygens (including phenoxy) is 1. The van der Waals surface area contributed by atoms with E-state index in [1.165, 1.54) is 34.9 Å². The first-order valence-corrected chi connectivity index (χ1v) is 11.3. The highest BCUT2D eigenvalue weighted by atomic mass is 32.2. The predicted molar refractivity (Wildman–Crippen MR) is 117 cm³/mol. The number of fused-ring (bicyclic) bond motifs is 1. The van der Waals surface area contributed by atoms with Gasteiger partial charge in [-0.3, -0.25) is 9.59 Å². The summed E-state index contributed by atoms with van der Waals surface area (Å²) in [6, 6.07) is 16.6. The van der Waals surface area contributed by atoms with Crippen LogP contribution in [0.3, 0.4) is 0 Å². The lowest BCUT2D eigenvalue weighted by molar-refractivity contribution is -0.152. The van der Waals surface area contributed by atoms with E-state index < -0.39 is 6.10 Å². The van der Waals surface area contributed by atoms with E-state index in [2.05, 4.69) is 35.6 Å². The fourth-order valence-corrected chi connectivity index (χ4v) is 4.27. The molecule has 0 fully saturated rings. The number of hydrogen-bond donors (Lipinski definition) is 1. The highest BCUT2D eigenvalue weighted by Gasteiger charge is 2.20. The molecule has 1 aliphatic rings. The Labute approximate surface area is 177 Å². The Morgan fingerprint density at radius 2 is 1.83 bits per heavy atom. The summed E-state index contributed by atoms with van der Waals surface area (Å²) >= 11 is 1.46. The summed E-state index contributed by atoms with van der Waals surface area (Å²) < 4.78 is 5.32. The molecule has 2 aromatic rings. The van der Waals surface area contributed by atoms with E-state index in [1.807, 2.05) is 25.1 Å².